The van der Waals surface area contributed by atoms with E-state index in [2.05, 4.69) is 23.4 Å². The summed E-state index contributed by atoms with van der Waals surface area (Å²) >= 11 is 0. The van der Waals surface area contributed by atoms with Gasteiger partial charge in [0.2, 0.25) is 0 Å². The van der Waals surface area contributed by atoms with E-state index >= 15 is 0 Å². The predicted molar refractivity (Wildman–Crippen MR) is 137 cm³/mol. The molecule has 4 aliphatic rings. The number of nitriles is 1. The van der Waals surface area contributed by atoms with Crippen molar-refractivity contribution < 1.29 is 9.90 Å². The molecule has 0 bridgehead atoms. The average molecular weight is 504 g/mol. The number of hydrogen-bond acceptors (Lipinski definition) is 6. The van der Waals surface area contributed by atoms with Crippen LogP contribution in [-0.4, -0.2) is 36.3 Å². The van der Waals surface area contributed by atoms with E-state index in [0.29, 0.717) is 29.0 Å². The molecule has 0 amide bonds. The van der Waals surface area contributed by atoms with Gasteiger partial charge in [0.1, 0.15) is 6.54 Å². The van der Waals surface area contributed by atoms with Crippen molar-refractivity contribution in [3.05, 3.63) is 40.3 Å². The van der Waals surface area contributed by atoms with Crippen molar-refractivity contribution in [2.24, 2.45) is 40.9 Å². The van der Waals surface area contributed by atoms with Crippen molar-refractivity contribution in [1.82, 2.24) is 19.8 Å². The van der Waals surface area contributed by atoms with Gasteiger partial charge in [-0.1, -0.05) is 13.0 Å². The standard InChI is InChI=1S/C29H37N5O3/c1-28(37)12-10-21-19(15-28)6-7-23-22(21)11-13-29(2)24(23)8-9-25(29)26(35)17-33-27(36)34(32-31-33)20-5-3-4-18(14-20)16-30/h3-5,14,19,21-25,37H,6-13,15,17H2,1-2H3/t19-,21+,22-,23-,24+,25-,28-,29+/m1/s1. The first-order valence-electron chi connectivity index (χ1n) is 14.0. The molecule has 0 unspecified atom stereocenters. The number of benzene rings is 1. The fourth-order valence-corrected chi connectivity index (χ4v) is 9.11. The zero-order valence-electron chi connectivity index (χ0n) is 21.8. The Morgan fingerprint density at radius 3 is 2.70 bits per heavy atom. The summed E-state index contributed by atoms with van der Waals surface area (Å²) in [5.41, 5.74) is -0.0812. The Hall–Kier alpha value is -2.79. The van der Waals surface area contributed by atoms with Crippen molar-refractivity contribution >= 4 is 5.78 Å². The van der Waals surface area contributed by atoms with E-state index < -0.39 is 11.3 Å². The number of carbonyl (C=O) groups is 1. The van der Waals surface area contributed by atoms with Crippen LogP contribution >= 0.6 is 0 Å². The largest absolute Gasteiger partial charge is 0.390 e. The molecule has 0 aliphatic heterocycles. The monoisotopic (exact) mass is 503 g/mol. The molecule has 196 valence electrons. The molecule has 0 saturated heterocycles. The number of carbonyl (C=O) groups excluding carboxylic acids is 1. The Morgan fingerprint density at radius 2 is 1.89 bits per heavy atom. The van der Waals surface area contributed by atoms with Gasteiger partial charge in [0.05, 0.1) is 22.9 Å². The van der Waals surface area contributed by atoms with Gasteiger partial charge >= 0.3 is 5.69 Å². The van der Waals surface area contributed by atoms with E-state index in [-0.39, 0.29) is 23.7 Å². The fraction of sp³-hybridized carbons (Fsp3) is 0.690. The number of fused-ring (bicyclic) bond motifs is 5. The van der Waals surface area contributed by atoms with Crippen molar-refractivity contribution in [1.29, 1.82) is 5.26 Å². The molecule has 8 nitrogen and oxygen atoms in total. The van der Waals surface area contributed by atoms with Gasteiger partial charge in [0, 0.05) is 5.92 Å². The fourth-order valence-electron chi connectivity index (χ4n) is 9.11. The molecule has 4 fully saturated rings. The summed E-state index contributed by atoms with van der Waals surface area (Å²) < 4.78 is 2.32. The Bertz CT molecular complexity index is 1310. The normalized spacial score (nSPS) is 38.8. The van der Waals surface area contributed by atoms with E-state index in [9.17, 15) is 14.7 Å². The minimum atomic E-state index is -0.499. The predicted octanol–water partition coefficient (Wildman–Crippen LogP) is 3.89. The van der Waals surface area contributed by atoms with Crippen LogP contribution in [0.5, 0.6) is 0 Å². The molecule has 0 radical (unpaired) electrons. The number of Topliss-reactive ketones (excluding diaryl/α,β-unsaturated/α-hetero) is 1. The van der Waals surface area contributed by atoms with E-state index in [1.807, 2.05) is 6.92 Å². The highest BCUT2D eigenvalue weighted by Gasteiger charge is 2.58. The van der Waals surface area contributed by atoms with Crippen molar-refractivity contribution in [3.8, 4) is 11.8 Å². The molecular formula is C29H37N5O3. The Kier molecular flexibility index (Phi) is 5.91. The minimum Gasteiger partial charge on any atom is -0.390 e. The summed E-state index contributed by atoms with van der Waals surface area (Å²) in [5.74, 6) is 3.38. The van der Waals surface area contributed by atoms with Crippen LogP contribution in [0.1, 0.15) is 77.2 Å². The van der Waals surface area contributed by atoms with Crippen LogP contribution in [0.4, 0.5) is 0 Å². The molecule has 6 rings (SSSR count). The van der Waals surface area contributed by atoms with E-state index in [0.717, 1.165) is 55.0 Å². The second kappa shape index (κ2) is 8.90. The number of rotatable bonds is 4. The van der Waals surface area contributed by atoms with Crippen LogP contribution in [0.2, 0.25) is 0 Å². The van der Waals surface area contributed by atoms with Crippen LogP contribution in [0.25, 0.3) is 5.69 Å². The minimum absolute atomic E-state index is 0.0218. The number of aromatic nitrogens is 4. The van der Waals surface area contributed by atoms with E-state index in [4.69, 9.17) is 5.26 Å². The Morgan fingerprint density at radius 1 is 1.08 bits per heavy atom. The summed E-state index contributed by atoms with van der Waals surface area (Å²) in [6, 6.07) is 8.72. The van der Waals surface area contributed by atoms with Gasteiger partial charge in [-0.2, -0.15) is 14.6 Å². The van der Waals surface area contributed by atoms with Gasteiger partial charge in [-0.15, -0.1) is 0 Å². The first-order valence-corrected chi connectivity index (χ1v) is 14.0. The quantitative estimate of drug-likeness (QED) is 0.677. The molecule has 2 aromatic rings. The molecule has 4 saturated carbocycles. The van der Waals surface area contributed by atoms with Crippen molar-refractivity contribution in [3.63, 3.8) is 0 Å². The van der Waals surface area contributed by atoms with E-state index in [1.54, 1.807) is 24.3 Å². The maximum atomic E-state index is 13.6. The lowest BCUT2D eigenvalue weighted by molar-refractivity contribution is -0.133. The third-order valence-electron chi connectivity index (χ3n) is 10.8. The maximum absolute atomic E-state index is 13.6. The molecule has 8 heteroatoms. The van der Waals surface area contributed by atoms with Gasteiger partial charge in [-0.3, -0.25) is 4.79 Å². The summed E-state index contributed by atoms with van der Waals surface area (Å²) in [6.07, 6.45) is 9.65. The second-order valence-corrected chi connectivity index (χ2v) is 12.8. The third-order valence-corrected chi connectivity index (χ3v) is 10.8. The first kappa shape index (κ1) is 24.5. The SMILES string of the molecule is C[C@@]1(O)CC[C@H]2[C@H](CC[C@@H]3[C@@H]2CC[C@]2(C)[C@@H](C(=O)Cn4nnn(-c5cccc(C#N)c5)c4=O)CC[C@@H]32)C1. The zero-order chi connectivity index (χ0) is 25.9. The van der Waals surface area contributed by atoms with Crippen LogP contribution in [-0.2, 0) is 11.3 Å². The highest BCUT2D eigenvalue weighted by atomic mass is 16.3. The first-order chi connectivity index (χ1) is 17.7. The van der Waals surface area contributed by atoms with Crippen LogP contribution in [0.3, 0.4) is 0 Å². The number of nitrogens with zero attached hydrogens (tertiary/aromatic N) is 5. The molecule has 1 aromatic heterocycles. The Labute approximate surface area is 217 Å². The van der Waals surface area contributed by atoms with Crippen molar-refractivity contribution in [2.45, 2.75) is 83.8 Å². The molecule has 8 atom stereocenters. The second-order valence-electron chi connectivity index (χ2n) is 12.8. The average Bonchev–Trinajstić information content (AvgIpc) is 3.42. The van der Waals surface area contributed by atoms with Crippen LogP contribution < -0.4 is 5.69 Å². The van der Waals surface area contributed by atoms with Gasteiger partial charge < -0.3 is 5.11 Å². The Balaban J connectivity index is 1.17. The lowest BCUT2D eigenvalue weighted by Gasteiger charge is -2.56. The van der Waals surface area contributed by atoms with Gasteiger partial charge in [-0.25, -0.2) is 4.79 Å². The number of hydrogen-bond donors (Lipinski definition) is 1. The number of tetrazole rings is 1. The molecule has 4 aliphatic carbocycles. The third kappa shape index (κ3) is 4.06. The van der Waals surface area contributed by atoms with Crippen molar-refractivity contribution in [2.75, 3.05) is 0 Å². The smallest absolute Gasteiger partial charge is 0.368 e. The van der Waals surface area contributed by atoms with Gasteiger partial charge in [-0.05, 0) is 128 Å². The van der Waals surface area contributed by atoms with Crippen LogP contribution in [0, 0.1) is 52.3 Å². The zero-order valence-corrected chi connectivity index (χ0v) is 21.8. The summed E-state index contributed by atoms with van der Waals surface area (Å²) in [4.78, 5) is 26.6. The molecular weight excluding hydrogens is 466 g/mol. The molecule has 1 heterocycles. The summed E-state index contributed by atoms with van der Waals surface area (Å²) in [6.45, 7) is 4.28. The van der Waals surface area contributed by atoms with Crippen LogP contribution in [0.15, 0.2) is 29.1 Å². The lowest BCUT2D eigenvalue weighted by atomic mass is 9.49. The highest BCUT2D eigenvalue weighted by molar-refractivity contribution is 5.82. The van der Waals surface area contributed by atoms with Gasteiger partial charge in [0.25, 0.3) is 0 Å². The van der Waals surface area contributed by atoms with E-state index in [1.165, 1.54) is 23.9 Å². The van der Waals surface area contributed by atoms with Gasteiger partial charge in [0.15, 0.2) is 5.78 Å². The molecule has 1 aromatic carbocycles. The molecule has 37 heavy (non-hydrogen) atoms. The topological polar surface area (TPSA) is 114 Å². The summed E-state index contributed by atoms with van der Waals surface area (Å²) in [5, 5.41) is 27.8. The maximum Gasteiger partial charge on any atom is 0.368 e. The number of ketones is 1. The number of aliphatic hydroxyl groups is 1. The molecule has 0 spiro atoms. The summed E-state index contributed by atoms with van der Waals surface area (Å²) in [7, 11) is 0. The lowest BCUT2D eigenvalue weighted by Crippen LogP contribution is -2.51. The molecule has 1 N–H and O–H groups in total. The highest BCUT2D eigenvalue weighted by Crippen LogP contribution is 2.64.